The van der Waals surface area contributed by atoms with Gasteiger partial charge in [-0.3, -0.25) is 9.59 Å². The number of hydrogen-bond donors (Lipinski definition) is 0. The van der Waals surface area contributed by atoms with Crippen LogP contribution in [0.5, 0.6) is 0 Å². The Bertz CT molecular complexity index is 603. The Labute approximate surface area is 144 Å². The number of nitrogens with zero attached hydrogens (tertiary/aromatic N) is 4. The monoisotopic (exact) mass is 334 g/mol. The zero-order chi connectivity index (χ0) is 17.7. The molecule has 2 rings (SSSR count). The minimum atomic E-state index is -0.150. The van der Waals surface area contributed by atoms with Crippen molar-refractivity contribution in [3.63, 3.8) is 0 Å². The smallest absolute Gasteiger partial charge is 0.274 e. The number of hydrogen-bond acceptors (Lipinski definition) is 4. The van der Waals surface area contributed by atoms with E-state index >= 15 is 0 Å². The normalized spacial score (nSPS) is 16.5. The third kappa shape index (κ3) is 4.66. The first kappa shape index (κ1) is 18.6. The molecule has 1 fully saturated rings. The summed E-state index contributed by atoms with van der Waals surface area (Å²) in [6, 6.07) is 3.28. The lowest BCUT2D eigenvalue weighted by Gasteiger charge is -2.38. The first-order chi connectivity index (χ1) is 11.4. The van der Waals surface area contributed by atoms with E-state index in [0.29, 0.717) is 18.2 Å². The number of aryl methyl sites for hydroxylation is 1. The average Bonchev–Trinajstić information content (AvgIpc) is 2.55. The van der Waals surface area contributed by atoms with Crippen LogP contribution < -0.4 is 5.56 Å². The summed E-state index contributed by atoms with van der Waals surface area (Å²) in [6.07, 6.45) is 2.79. The molecule has 0 atom stereocenters. The Kier molecular flexibility index (Phi) is 6.54. The standard InChI is InChI=1S/C18H30N4O2/c1-5-10-22-17(23)7-6-16(19-22)18(24)21(13-14(2)3)15-8-11-20(4)12-9-15/h6-7,14-15H,5,8-13H2,1-4H3. The Hall–Kier alpha value is -1.69. The highest BCUT2D eigenvalue weighted by Crippen LogP contribution is 2.19. The molecule has 134 valence electrons. The van der Waals surface area contributed by atoms with Gasteiger partial charge in [-0.2, -0.15) is 5.10 Å². The fourth-order valence-electron chi connectivity index (χ4n) is 3.18. The van der Waals surface area contributed by atoms with Gasteiger partial charge < -0.3 is 9.80 Å². The van der Waals surface area contributed by atoms with Crippen molar-refractivity contribution >= 4 is 5.91 Å². The third-order valence-electron chi connectivity index (χ3n) is 4.47. The summed E-state index contributed by atoms with van der Waals surface area (Å²) in [5.74, 6) is 0.346. The van der Waals surface area contributed by atoms with Gasteiger partial charge in [-0.25, -0.2) is 4.68 Å². The van der Waals surface area contributed by atoms with E-state index in [1.165, 1.54) is 10.7 Å². The molecule has 1 aliphatic heterocycles. The second kappa shape index (κ2) is 8.42. The summed E-state index contributed by atoms with van der Waals surface area (Å²) >= 11 is 0. The van der Waals surface area contributed by atoms with Gasteiger partial charge >= 0.3 is 0 Å². The van der Waals surface area contributed by atoms with Crippen LogP contribution in [0.1, 0.15) is 50.5 Å². The van der Waals surface area contributed by atoms with Crippen molar-refractivity contribution in [3.05, 3.63) is 28.2 Å². The van der Waals surface area contributed by atoms with Crippen LogP contribution in [-0.2, 0) is 6.54 Å². The van der Waals surface area contributed by atoms with Crippen LogP contribution in [0, 0.1) is 5.92 Å². The molecule has 0 unspecified atom stereocenters. The van der Waals surface area contributed by atoms with E-state index in [2.05, 4.69) is 30.9 Å². The van der Waals surface area contributed by atoms with E-state index in [0.717, 1.165) is 38.9 Å². The first-order valence-corrected chi connectivity index (χ1v) is 9.00. The van der Waals surface area contributed by atoms with Crippen molar-refractivity contribution in [2.45, 2.75) is 52.6 Å². The van der Waals surface area contributed by atoms with E-state index < -0.39 is 0 Å². The van der Waals surface area contributed by atoms with Gasteiger partial charge in [-0.15, -0.1) is 0 Å². The molecule has 0 bridgehead atoms. The topological polar surface area (TPSA) is 58.4 Å². The lowest BCUT2D eigenvalue weighted by Crippen LogP contribution is -2.48. The maximum Gasteiger partial charge on any atom is 0.274 e. The molecular formula is C18H30N4O2. The Morgan fingerprint density at radius 3 is 2.58 bits per heavy atom. The van der Waals surface area contributed by atoms with Crippen molar-refractivity contribution in [3.8, 4) is 0 Å². The summed E-state index contributed by atoms with van der Waals surface area (Å²) in [5, 5.41) is 4.30. The van der Waals surface area contributed by atoms with E-state index in [4.69, 9.17) is 0 Å². The second-order valence-electron chi connectivity index (χ2n) is 7.17. The fraction of sp³-hybridized carbons (Fsp3) is 0.722. The fourth-order valence-corrected chi connectivity index (χ4v) is 3.18. The van der Waals surface area contributed by atoms with Gasteiger partial charge in [0.25, 0.3) is 11.5 Å². The summed E-state index contributed by atoms with van der Waals surface area (Å²) in [7, 11) is 2.12. The predicted molar refractivity (Wildman–Crippen MR) is 95.2 cm³/mol. The molecule has 1 aromatic rings. The molecule has 6 heteroatoms. The van der Waals surface area contributed by atoms with Crippen molar-refractivity contribution in [1.29, 1.82) is 0 Å². The minimum absolute atomic E-state index is 0.0527. The summed E-state index contributed by atoms with van der Waals surface area (Å²) in [5.41, 5.74) is 0.228. The van der Waals surface area contributed by atoms with Gasteiger partial charge in [0.15, 0.2) is 0 Å². The molecule has 0 aliphatic carbocycles. The van der Waals surface area contributed by atoms with Crippen LogP contribution in [0.3, 0.4) is 0 Å². The minimum Gasteiger partial charge on any atom is -0.334 e. The molecule has 0 spiro atoms. The van der Waals surface area contributed by atoms with Gasteiger partial charge in [0.1, 0.15) is 5.69 Å². The maximum absolute atomic E-state index is 13.1. The van der Waals surface area contributed by atoms with Crippen molar-refractivity contribution in [2.75, 3.05) is 26.7 Å². The van der Waals surface area contributed by atoms with Gasteiger partial charge in [-0.1, -0.05) is 20.8 Å². The van der Waals surface area contributed by atoms with Crippen molar-refractivity contribution < 1.29 is 4.79 Å². The largest absolute Gasteiger partial charge is 0.334 e. The highest BCUT2D eigenvalue weighted by molar-refractivity contribution is 5.92. The SMILES string of the molecule is CCCn1nc(C(=O)N(CC(C)C)C2CCN(C)CC2)ccc1=O. The van der Waals surface area contributed by atoms with Gasteiger partial charge in [0, 0.05) is 25.2 Å². The molecule has 1 aliphatic rings. The molecule has 1 amide bonds. The maximum atomic E-state index is 13.1. The molecule has 1 aromatic heterocycles. The quantitative estimate of drug-likeness (QED) is 0.796. The van der Waals surface area contributed by atoms with E-state index in [-0.39, 0.29) is 17.5 Å². The van der Waals surface area contributed by atoms with Crippen LogP contribution in [0.25, 0.3) is 0 Å². The lowest BCUT2D eigenvalue weighted by atomic mass is 10.0. The molecule has 0 aromatic carbocycles. The molecule has 0 radical (unpaired) electrons. The van der Waals surface area contributed by atoms with E-state index in [9.17, 15) is 9.59 Å². The summed E-state index contributed by atoms with van der Waals surface area (Å²) in [4.78, 5) is 29.2. The van der Waals surface area contributed by atoms with E-state index in [1.54, 1.807) is 6.07 Å². The average molecular weight is 334 g/mol. The molecule has 0 saturated carbocycles. The lowest BCUT2D eigenvalue weighted by molar-refractivity contribution is 0.0550. The zero-order valence-corrected chi connectivity index (χ0v) is 15.4. The highest BCUT2D eigenvalue weighted by Gasteiger charge is 2.29. The van der Waals surface area contributed by atoms with Gasteiger partial charge in [0.2, 0.25) is 0 Å². The number of amides is 1. The number of rotatable bonds is 6. The number of piperidine rings is 1. The van der Waals surface area contributed by atoms with Crippen molar-refractivity contribution in [2.24, 2.45) is 5.92 Å². The van der Waals surface area contributed by atoms with Gasteiger partial charge in [-0.05, 0) is 51.4 Å². The summed E-state index contributed by atoms with van der Waals surface area (Å²) < 4.78 is 1.40. The van der Waals surface area contributed by atoms with Crippen LogP contribution in [0.4, 0.5) is 0 Å². The number of aromatic nitrogens is 2. The highest BCUT2D eigenvalue weighted by atomic mass is 16.2. The van der Waals surface area contributed by atoms with E-state index in [1.807, 2.05) is 11.8 Å². The molecule has 1 saturated heterocycles. The van der Waals surface area contributed by atoms with Crippen LogP contribution >= 0.6 is 0 Å². The Morgan fingerprint density at radius 1 is 1.33 bits per heavy atom. The molecule has 2 heterocycles. The van der Waals surface area contributed by atoms with Crippen molar-refractivity contribution in [1.82, 2.24) is 19.6 Å². The molecule has 0 N–H and O–H groups in total. The van der Waals surface area contributed by atoms with Gasteiger partial charge in [0.05, 0.1) is 0 Å². The first-order valence-electron chi connectivity index (χ1n) is 9.00. The molecular weight excluding hydrogens is 304 g/mol. The van der Waals surface area contributed by atoms with Crippen LogP contribution in [0.15, 0.2) is 16.9 Å². The second-order valence-corrected chi connectivity index (χ2v) is 7.17. The Morgan fingerprint density at radius 2 is 2.00 bits per heavy atom. The Balaban J connectivity index is 2.23. The number of likely N-dealkylation sites (tertiary alicyclic amines) is 1. The summed E-state index contributed by atoms with van der Waals surface area (Å²) in [6.45, 7) is 9.53. The molecule has 24 heavy (non-hydrogen) atoms. The van der Waals surface area contributed by atoms with Crippen LogP contribution in [-0.4, -0.2) is 58.2 Å². The number of carbonyl (C=O) groups excluding carboxylic acids is 1. The zero-order valence-electron chi connectivity index (χ0n) is 15.4. The number of carbonyl (C=O) groups is 1. The predicted octanol–water partition coefficient (Wildman–Crippen LogP) is 1.85. The molecule has 6 nitrogen and oxygen atoms in total. The van der Waals surface area contributed by atoms with Crippen LogP contribution in [0.2, 0.25) is 0 Å². The third-order valence-corrected chi connectivity index (χ3v) is 4.47.